The van der Waals surface area contributed by atoms with Crippen molar-refractivity contribution in [2.75, 3.05) is 0 Å². The molecular weight excluding hydrogens is 335 g/mol. The second-order valence-electron chi connectivity index (χ2n) is 6.38. The van der Waals surface area contributed by atoms with Gasteiger partial charge in [0.15, 0.2) is 5.82 Å². The highest BCUT2D eigenvalue weighted by atomic mass is 32.1. The molecule has 128 valence electrons. The van der Waals surface area contributed by atoms with E-state index in [1.54, 1.807) is 22.0 Å². The predicted octanol–water partition coefficient (Wildman–Crippen LogP) is 4.23. The molecule has 0 spiro atoms. The van der Waals surface area contributed by atoms with Crippen LogP contribution in [0.5, 0.6) is 0 Å². The highest BCUT2D eigenvalue weighted by Gasteiger charge is 2.20. The smallest absolute Gasteiger partial charge is 0.257 e. The van der Waals surface area contributed by atoms with E-state index in [1.807, 2.05) is 23.6 Å². The van der Waals surface area contributed by atoms with Crippen LogP contribution in [-0.4, -0.2) is 9.55 Å². The zero-order valence-corrected chi connectivity index (χ0v) is 14.7. The second kappa shape index (κ2) is 6.92. The normalized spacial score (nSPS) is 13.6. The molecule has 0 aliphatic heterocycles. The van der Waals surface area contributed by atoms with E-state index in [1.165, 1.54) is 12.1 Å². The summed E-state index contributed by atoms with van der Waals surface area (Å²) in [5.41, 5.74) is 2.79. The molecule has 1 aromatic carbocycles. The molecule has 0 saturated carbocycles. The third-order valence-corrected chi connectivity index (χ3v) is 5.56. The maximum absolute atomic E-state index is 13.4. The Morgan fingerprint density at radius 2 is 2.04 bits per heavy atom. The molecule has 0 amide bonds. The van der Waals surface area contributed by atoms with Gasteiger partial charge in [0.1, 0.15) is 5.82 Å². The van der Waals surface area contributed by atoms with Crippen molar-refractivity contribution in [2.45, 2.75) is 38.6 Å². The Balaban J connectivity index is 1.75. The maximum Gasteiger partial charge on any atom is 0.257 e. The first kappa shape index (κ1) is 16.2. The number of fused-ring (bicyclic) bond motifs is 1. The zero-order valence-electron chi connectivity index (χ0n) is 13.9. The Kier molecular flexibility index (Phi) is 4.49. The van der Waals surface area contributed by atoms with E-state index >= 15 is 0 Å². The summed E-state index contributed by atoms with van der Waals surface area (Å²) in [4.78, 5) is 18.9. The maximum atomic E-state index is 13.4. The summed E-state index contributed by atoms with van der Waals surface area (Å²) in [6.07, 6.45) is 4.44. The SMILES string of the molecule is O=c1c2c(nc(-c3cccs3)n1CCc1cccc(F)c1)CCCC2. The highest BCUT2D eigenvalue weighted by Crippen LogP contribution is 2.25. The van der Waals surface area contributed by atoms with Crippen molar-refractivity contribution in [3.63, 3.8) is 0 Å². The van der Waals surface area contributed by atoms with Crippen LogP contribution < -0.4 is 5.56 Å². The van der Waals surface area contributed by atoms with Crippen molar-refractivity contribution in [1.29, 1.82) is 0 Å². The van der Waals surface area contributed by atoms with E-state index < -0.39 is 0 Å². The Hall–Kier alpha value is -2.27. The summed E-state index contributed by atoms with van der Waals surface area (Å²) >= 11 is 1.59. The Morgan fingerprint density at radius 1 is 1.16 bits per heavy atom. The lowest BCUT2D eigenvalue weighted by molar-refractivity contribution is 0.600. The van der Waals surface area contributed by atoms with Gasteiger partial charge in [-0.15, -0.1) is 11.3 Å². The molecule has 25 heavy (non-hydrogen) atoms. The van der Waals surface area contributed by atoms with Gasteiger partial charge in [-0.05, 0) is 61.2 Å². The van der Waals surface area contributed by atoms with Crippen LogP contribution in [0.2, 0.25) is 0 Å². The third kappa shape index (κ3) is 3.29. The molecule has 1 aliphatic rings. The molecule has 4 rings (SSSR count). The summed E-state index contributed by atoms with van der Waals surface area (Å²) in [6, 6.07) is 10.5. The number of thiophene rings is 1. The summed E-state index contributed by atoms with van der Waals surface area (Å²) < 4.78 is 15.2. The number of halogens is 1. The van der Waals surface area contributed by atoms with Crippen LogP contribution in [0.25, 0.3) is 10.7 Å². The van der Waals surface area contributed by atoms with E-state index in [2.05, 4.69) is 0 Å². The number of benzene rings is 1. The van der Waals surface area contributed by atoms with Gasteiger partial charge in [-0.2, -0.15) is 0 Å². The van der Waals surface area contributed by atoms with Crippen LogP contribution in [0.1, 0.15) is 29.7 Å². The van der Waals surface area contributed by atoms with Crippen molar-refractivity contribution in [3.8, 4) is 10.7 Å². The second-order valence-corrected chi connectivity index (χ2v) is 7.33. The molecule has 1 aliphatic carbocycles. The van der Waals surface area contributed by atoms with E-state index in [0.29, 0.717) is 13.0 Å². The fourth-order valence-corrected chi connectivity index (χ4v) is 4.15. The minimum absolute atomic E-state index is 0.0736. The largest absolute Gasteiger partial charge is 0.291 e. The Labute approximate surface area is 149 Å². The average molecular weight is 354 g/mol. The van der Waals surface area contributed by atoms with Gasteiger partial charge in [0, 0.05) is 12.1 Å². The van der Waals surface area contributed by atoms with Crippen molar-refractivity contribution in [1.82, 2.24) is 9.55 Å². The van der Waals surface area contributed by atoms with Crippen molar-refractivity contribution in [3.05, 3.63) is 74.8 Å². The molecule has 3 nitrogen and oxygen atoms in total. The number of aryl methyl sites for hydroxylation is 2. The zero-order chi connectivity index (χ0) is 17.2. The molecule has 0 bridgehead atoms. The lowest BCUT2D eigenvalue weighted by Crippen LogP contribution is -2.30. The van der Waals surface area contributed by atoms with Gasteiger partial charge in [-0.25, -0.2) is 9.37 Å². The predicted molar refractivity (Wildman–Crippen MR) is 98.6 cm³/mol. The number of nitrogens with zero attached hydrogens (tertiary/aromatic N) is 2. The molecule has 2 aromatic heterocycles. The molecule has 0 radical (unpaired) electrons. The monoisotopic (exact) mass is 354 g/mol. The number of hydrogen-bond donors (Lipinski definition) is 0. The van der Waals surface area contributed by atoms with Crippen molar-refractivity contribution < 1.29 is 4.39 Å². The minimum Gasteiger partial charge on any atom is -0.291 e. The first-order valence-electron chi connectivity index (χ1n) is 8.63. The number of hydrogen-bond acceptors (Lipinski definition) is 3. The molecule has 0 unspecified atom stereocenters. The van der Waals surface area contributed by atoms with Gasteiger partial charge in [-0.3, -0.25) is 9.36 Å². The van der Waals surface area contributed by atoms with Gasteiger partial charge >= 0.3 is 0 Å². The van der Waals surface area contributed by atoms with Crippen LogP contribution >= 0.6 is 11.3 Å². The van der Waals surface area contributed by atoms with Crippen LogP contribution in [0.4, 0.5) is 4.39 Å². The quantitative estimate of drug-likeness (QED) is 0.703. The summed E-state index contributed by atoms with van der Waals surface area (Å²) in [5.74, 6) is 0.504. The Morgan fingerprint density at radius 3 is 2.84 bits per heavy atom. The average Bonchev–Trinajstić information content (AvgIpc) is 3.15. The van der Waals surface area contributed by atoms with Crippen LogP contribution in [0.3, 0.4) is 0 Å². The van der Waals surface area contributed by atoms with Crippen LogP contribution in [0, 0.1) is 5.82 Å². The van der Waals surface area contributed by atoms with E-state index in [4.69, 9.17) is 4.98 Å². The minimum atomic E-state index is -0.244. The summed E-state index contributed by atoms with van der Waals surface area (Å²) in [6.45, 7) is 0.510. The lowest BCUT2D eigenvalue weighted by Gasteiger charge is -2.19. The first-order chi connectivity index (χ1) is 12.2. The molecular formula is C20H19FN2OS. The van der Waals surface area contributed by atoms with Crippen molar-refractivity contribution in [2.24, 2.45) is 0 Å². The van der Waals surface area contributed by atoms with Gasteiger partial charge in [0.25, 0.3) is 5.56 Å². The van der Waals surface area contributed by atoms with Gasteiger partial charge in [-0.1, -0.05) is 18.2 Å². The van der Waals surface area contributed by atoms with Gasteiger partial charge in [0.2, 0.25) is 0 Å². The van der Waals surface area contributed by atoms with E-state index in [9.17, 15) is 9.18 Å². The number of rotatable bonds is 4. The third-order valence-electron chi connectivity index (χ3n) is 4.69. The lowest BCUT2D eigenvalue weighted by atomic mass is 9.97. The van der Waals surface area contributed by atoms with Gasteiger partial charge < -0.3 is 0 Å². The van der Waals surface area contributed by atoms with E-state index in [0.717, 1.165) is 53.2 Å². The van der Waals surface area contributed by atoms with Gasteiger partial charge in [0.05, 0.1) is 10.6 Å². The molecule has 2 heterocycles. The Bertz CT molecular complexity index is 947. The van der Waals surface area contributed by atoms with E-state index in [-0.39, 0.29) is 11.4 Å². The van der Waals surface area contributed by atoms with Crippen LogP contribution in [0.15, 0.2) is 46.6 Å². The highest BCUT2D eigenvalue weighted by molar-refractivity contribution is 7.13. The summed E-state index contributed by atoms with van der Waals surface area (Å²) in [5, 5.41) is 2.00. The fraction of sp³-hybridized carbons (Fsp3) is 0.300. The topological polar surface area (TPSA) is 34.9 Å². The molecule has 0 saturated heterocycles. The molecule has 0 fully saturated rings. The molecule has 3 aromatic rings. The molecule has 0 atom stereocenters. The standard InChI is InChI=1S/C20H19FN2OS/c21-15-6-3-5-14(13-15)10-11-23-19(18-9-4-12-25-18)22-17-8-2-1-7-16(17)20(23)24/h3-6,9,12-13H,1-2,7-8,10-11H2. The van der Waals surface area contributed by atoms with Crippen LogP contribution in [-0.2, 0) is 25.8 Å². The first-order valence-corrected chi connectivity index (χ1v) is 9.51. The van der Waals surface area contributed by atoms with Crippen molar-refractivity contribution >= 4 is 11.3 Å². The molecule has 5 heteroatoms. The molecule has 0 N–H and O–H groups in total. The summed E-state index contributed by atoms with van der Waals surface area (Å²) in [7, 11) is 0. The fourth-order valence-electron chi connectivity index (χ4n) is 3.43. The number of aromatic nitrogens is 2.